The molecule has 0 spiro atoms. The van der Waals surface area contributed by atoms with Crippen LogP contribution in [0.5, 0.6) is 0 Å². The molecule has 2 rings (SSSR count). The fraction of sp³-hybridized carbons (Fsp3) is 0.538. The Labute approximate surface area is 181 Å². The molecule has 0 radical (unpaired) electrons. The molecule has 1 nitrogen and oxygen atoms in total. The predicted octanol–water partition coefficient (Wildman–Crippen LogP) is 7.57. The molecule has 0 aliphatic carbocycles. The highest BCUT2D eigenvalue weighted by molar-refractivity contribution is 7.99. The molecule has 0 bridgehead atoms. The minimum absolute atomic E-state index is 0.0703. The number of benzene rings is 2. The minimum Gasteiger partial charge on any atom is -0.396 e. The third-order valence-corrected chi connectivity index (χ3v) is 6.99. The van der Waals surface area contributed by atoms with E-state index in [0.29, 0.717) is 6.61 Å². The number of hydrogen-bond acceptors (Lipinski definition) is 2. The molecule has 160 valence electrons. The van der Waals surface area contributed by atoms with E-state index in [9.17, 15) is 9.50 Å². The van der Waals surface area contributed by atoms with Crippen molar-refractivity contribution in [2.45, 2.75) is 77.0 Å². The molecular formula is C26H37FOS. The van der Waals surface area contributed by atoms with Gasteiger partial charge in [-0.25, -0.2) is 4.39 Å². The maximum Gasteiger partial charge on any atom is 0.123 e. The van der Waals surface area contributed by atoms with E-state index >= 15 is 0 Å². The van der Waals surface area contributed by atoms with Gasteiger partial charge in [-0.1, -0.05) is 69.4 Å². The van der Waals surface area contributed by atoms with E-state index in [0.717, 1.165) is 37.0 Å². The second kappa shape index (κ2) is 12.4. The Morgan fingerprint density at radius 3 is 2.17 bits per heavy atom. The Kier molecular flexibility index (Phi) is 10.2. The molecule has 1 N–H and O–H groups in total. The molecule has 0 fully saturated rings. The number of rotatable bonds is 13. The van der Waals surface area contributed by atoms with E-state index < -0.39 is 0 Å². The minimum atomic E-state index is -0.188. The highest BCUT2D eigenvalue weighted by Gasteiger charge is 2.27. The van der Waals surface area contributed by atoms with Crippen molar-refractivity contribution in [1.29, 1.82) is 0 Å². The number of halogens is 1. The third kappa shape index (κ3) is 7.79. The van der Waals surface area contributed by atoms with Gasteiger partial charge in [-0.05, 0) is 73.1 Å². The van der Waals surface area contributed by atoms with Gasteiger partial charge in [0.1, 0.15) is 5.82 Å². The zero-order valence-electron chi connectivity index (χ0n) is 18.3. The quantitative estimate of drug-likeness (QED) is 0.340. The van der Waals surface area contributed by atoms with E-state index in [-0.39, 0.29) is 11.2 Å². The first kappa shape index (κ1) is 24.0. The van der Waals surface area contributed by atoms with Gasteiger partial charge in [-0.3, -0.25) is 0 Å². The molecule has 0 aromatic heterocycles. The van der Waals surface area contributed by atoms with Crippen LogP contribution in [0.4, 0.5) is 4.39 Å². The van der Waals surface area contributed by atoms with Crippen molar-refractivity contribution in [1.82, 2.24) is 0 Å². The molecular weight excluding hydrogens is 379 g/mol. The van der Waals surface area contributed by atoms with Gasteiger partial charge < -0.3 is 5.11 Å². The highest BCUT2D eigenvalue weighted by atomic mass is 32.2. The lowest BCUT2D eigenvalue weighted by atomic mass is 9.77. The number of thioether (sulfide) groups is 1. The monoisotopic (exact) mass is 416 g/mol. The standard InChI is InChI=1S/C26H37FOS/c1-4-6-14-26(20-28,15-7-5-2)16-17-29-25-13-8-21(3)18-23(25)19-22-9-11-24(27)12-10-22/h8-13,18,28H,4-7,14-17,19-20H2,1-3H3. The van der Waals surface area contributed by atoms with Gasteiger partial charge >= 0.3 is 0 Å². The molecule has 0 unspecified atom stereocenters. The van der Waals surface area contributed by atoms with Crippen molar-refractivity contribution >= 4 is 11.8 Å². The molecule has 29 heavy (non-hydrogen) atoms. The average Bonchev–Trinajstić information content (AvgIpc) is 2.73. The van der Waals surface area contributed by atoms with Crippen molar-refractivity contribution < 1.29 is 9.50 Å². The zero-order valence-corrected chi connectivity index (χ0v) is 19.2. The van der Waals surface area contributed by atoms with Gasteiger partial charge in [0, 0.05) is 11.5 Å². The molecule has 2 aromatic carbocycles. The summed E-state index contributed by atoms with van der Waals surface area (Å²) in [6.07, 6.45) is 8.86. The Morgan fingerprint density at radius 1 is 0.931 bits per heavy atom. The van der Waals surface area contributed by atoms with Crippen molar-refractivity contribution in [3.05, 3.63) is 65.0 Å². The molecule has 0 saturated carbocycles. The van der Waals surface area contributed by atoms with E-state index in [1.807, 2.05) is 23.9 Å². The van der Waals surface area contributed by atoms with Gasteiger partial charge in [-0.15, -0.1) is 11.8 Å². The largest absolute Gasteiger partial charge is 0.396 e. The lowest BCUT2D eigenvalue weighted by Gasteiger charge is -2.32. The number of hydrogen-bond donors (Lipinski definition) is 1. The second-order valence-electron chi connectivity index (χ2n) is 8.38. The maximum absolute atomic E-state index is 13.2. The first-order valence-electron chi connectivity index (χ1n) is 11.1. The van der Waals surface area contributed by atoms with Crippen LogP contribution < -0.4 is 0 Å². The summed E-state index contributed by atoms with van der Waals surface area (Å²) in [5.41, 5.74) is 3.76. The maximum atomic E-state index is 13.2. The van der Waals surface area contributed by atoms with Gasteiger partial charge in [0.15, 0.2) is 0 Å². The van der Waals surface area contributed by atoms with Crippen molar-refractivity contribution in [3.63, 3.8) is 0 Å². The summed E-state index contributed by atoms with van der Waals surface area (Å²) >= 11 is 1.90. The summed E-state index contributed by atoms with van der Waals surface area (Å²) < 4.78 is 13.2. The number of aryl methyl sites for hydroxylation is 1. The second-order valence-corrected chi connectivity index (χ2v) is 9.51. The van der Waals surface area contributed by atoms with Crippen LogP contribution in [0.2, 0.25) is 0 Å². The molecule has 0 atom stereocenters. The molecule has 0 amide bonds. The fourth-order valence-corrected chi connectivity index (χ4v) is 5.14. The lowest BCUT2D eigenvalue weighted by Crippen LogP contribution is -2.26. The summed E-state index contributed by atoms with van der Waals surface area (Å²) in [5.74, 6) is 0.833. The first-order chi connectivity index (χ1) is 14.0. The summed E-state index contributed by atoms with van der Waals surface area (Å²) in [7, 11) is 0. The van der Waals surface area contributed by atoms with Crippen LogP contribution >= 0.6 is 11.8 Å². The van der Waals surface area contributed by atoms with Gasteiger partial charge in [-0.2, -0.15) is 0 Å². The first-order valence-corrected chi connectivity index (χ1v) is 12.1. The normalized spacial score (nSPS) is 11.8. The number of aliphatic hydroxyl groups is 1. The molecule has 3 heteroatoms. The SMILES string of the molecule is CCCCC(CO)(CCCC)CCSc1ccc(C)cc1Cc1ccc(F)cc1. The van der Waals surface area contributed by atoms with Crippen LogP contribution in [0.15, 0.2) is 47.4 Å². The van der Waals surface area contributed by atoms with Crippen LogP contribution in [0.3, 0.4) is 0 Å². The molecule has 0 aliphatic heterocycles. The summed E-state index contributed by atoms with van der Waals surface area (Å²) in [6, 6.07) is 13.5. The Morgan fingerprint density at radius 2 is 1.59 bits per heavy atom. The lowest BCUT2D eigenvalue weighted by molar-refractivity contribution is 0.0962. The Bertz CT molecular complexity index is 718. The van der Waals surface area contributed by atoms with E-state index in [1.54, 1.807) is 0 Å². The molecule has 0 aliphatic rings. The third-order valence-electron chi connectivity index (χ3n) is 5.87. The smallest absolute Gasteiger partial charge is 0.123 e. The Balaban J connectivity index is 2.07. The fourth-order valence-electron chi connectivity index (χ4n) is 3.90. The summed E-state index contributed by atoms with van der Waals surface area (Å²) in [4.78, 5) is 1.30. The highest BCUT2D eigenvalue weighted by Crippen LogP contribution is 2.37. The number of unbranched alkanes of at least 4 members (excludes halogenated alkanes) is 2. The van der Waals surface area contributed by atoms with E-state index in [4.69, 9.17) is 0 Å². The molecule has 0 saturated heterocycles. The van der Waals surface area contributed by atoms with E-state index in [2.05, 4.69) is 39.0 Å². The van der Waals surface area contributed by atoms with Crippen LogP contribution in [0, 0.1) is 18.2 Å². The average molecular weight is 417 g/mol. The van der Waals surface area contributed by atoms with Gasteiger partial charge in [0.25, 0.3) is 0 Å². The van der Waals surface area contributed by atoms with E-state index in [1.165, 1.54) is 53.8 Å². The van der Waals surface area contributed by atoms with Gasteiger partial charge in [0.05, 0.1) is 0 Å². The van der Waals surface area contributed by atoms with Gasteiger partial charge in [0.2, 0.25) is 0 Å². The molecule has 2 aromatic rings. The van der Waals surface area contributed by atoms with Crippen LogP contribution in [0.25, 0.3) is 0 Å². The van der Waals surface area contributed by atoms with Crippen LogP contribution in [0.1, 0.15) is 75.5 Å². The molecule has 0 heterocycles. The number of aliphatic hydroxyl groups excluding tert-OH is 1. The van der Waals surface area contributed by atoms with Crippen molar-refractivity contribution in [2.24, 2.45) is 5.41 Å². The van der Waals surface area contributed by atoms with Crippen LogP contribution in [-0.4, -0.2) is 17.5 Å². The van der Waals surface area contributed by atoms with Crippen molar-refractivity contribution in [3.8, 4) is 0 Å². The zero-order chi connectivity index (χ0) is 21.1. The summed E-state index contributed by atoms with van der Waals surface area (Å²) in [6.45, 7) is 6.87. The van der Waals surface area contributed by atoms with Crippen molar-refractivity contribution in [2.75, 3.05) is 12.4 Å². The van der Waals surface area contributed by atoms with Crippen LogP contribution in [-0.2, 0) is 6.42 Å². The summed E-state index contributed by atoms with van der Waals surface area (Å²) in [5, 5.41) is 10.2. The topological polar surface area (TPSA) is 20.2 Å². The predicted molar refractivity (Wildman–Crippen MR) is 124 cm³/mol. The Hall–Kier alpha value is -1.32.